The lowest BCUT2D eigenvalue weighted by Crippen LogP contribution is -2.54. The Morgan fingerprint density at radius 2 is 1.62 bits per heavy atom. The Labute approximate surface area is 238 Å². The SMILES string of the molecule is CC(C)NC(=O)[C@@H](Cc1ccccc1)N(Cc1ccc(Cl)cc1Cl)C(=O)CN(c1ccc(F)cc1)S(C)(=O)=O. The Kier molecular flexibility index (Phi) is 10.4. The van der Waals surface area contributed by atoms with E-state index in [0.29, 0.717) is 15.6 Å². The second kappa shape index (κ2) is 13.3. The molecule has 1 atom stereocenters. The maximum Gasteiger partial charge on any atom is 0.244 e. The molecule has 3 aromatic carbocycles. The van der Waals surface area contributed by atoms with Gasteiger partial charge in [0, 0.05) is 29.1 Å². The standard InChI is InChI=1S/C28H30Cl2FN3O4S/c1-19(2)32-28(36)26(15-20-7-5-4-6-8-20)33(17-21-9-10-22(29)16-25(21)30)27(35)18-34(39(3,37)38)24-13-11-23(31)12-14-24/h4-14,16,19,26H,15,17-18H2,1-3H3,(H,32,36)/t26-/m1/s1. The third-order valence-electron chi connectivity index (χ3n) is 5.85. The van der Waals surface area contributed by atoms with Crippen LogP contribution in [0.15, 0.2) is 72.8 Å². The van der Waals surface area contributed by atoms with E-state index in [-0.39, 0.29) is 24.7 Å². The third kappa shape index (κ3) is 8.68. The molecule has 208 valence electrons. The fourth-order valence-corrected chi connectivity index (χ4v) is 5.31. The van der Waals surface area contributed by atoms with Crippen molar-refractivity contribution in [1.29, 1.82) is 0 Å². The minimum Gasteiger partial charge on any atom is -0.352 e. The molecule has 0 aliphatic heterocycles. The molecule has 2 amide bonds. The maximum atomic E-state index is 13.9. The maximum absolute atomic E-state index is 13.9. The molecule has 0 aliphatic rings. The molecule has 0 fully saturated rings. The van der Waals surface area contributed by atoms with Crippen molar-refractivity contribution in [2.45, 2.75) is 38.9 Å². The van der Waals surface area contributed by atoms with Crippen LogP contribution in [0, 0.1) is 5.82 Å². The molecule has 0 radical (unpaired) electrons. The lowest BCUT2D eigenvalue weighted by atomic mass is 10.0. The molecule has 7 nitrogen and oxygen atoms in total. The highest BCUT2D eigenvalue weighted by Gasteiger charge is 2.33. The Hall–Kier alpha value is -3.14. The van der Waals surface area contributed by atoms with Crippen LogP contribution in [0.2, 0.25) is 10.0 Å². The van der Waals surface area contributed by atoms with Gasteiger partial charge in [0.1, 0.15) is 18.4 Å². The Morgan fingerprint density at radius 1 is 0.974 bits per heavy atom. The lowest BCUT2D eigenvalue weighted by Gasteiger charge is -2.34. The highest BCUT2D eigenvalue weighted by atomic mass is 35.5. The summed E-state index contributed by atoms with van der Waals surface area (Å²) in [5.41, 5.74) is 1.44. The van der Waals surface area contributed by atoms with E-state index >= 15 is 0 Å². The molecule has 0 aliphatic carbocycles. The number of halogens is 3. The van der Waals surface area contributed by atoms with Crippen LogP contribution in [0.1, 0.15) is 25.0 Å². The van der Waals surface area contributed by atoms with Gasteiger partial charge in [0.15, 0.2) is 0 Å². The average Bonchev–Trinajstić information content (AvgIpc) is 2.86. The number of anilines is 1. The first-order valence-electron chi connectivity index (χ1n) is 12.2. The molecule has 3 rings (SSSR count). The Morgan fingerprint density at radius 3 is 2.18 bits per heavy atom. The number of nitrogens with zero attached hydrogens (tertiary/aromatic N) is 2. The molecule has 0 spiro atoms. The van der Waals surface area contributed by atoms with Crippen LogP contribution in [-0.2, 0) is 32.6 Å². The minimum absolute atomic E-state index is 0.0845. The number of hydrogen-bond acceptors (Lipinski definition) is 4. The number of carbonyl (C=O) groups is 2. The van der Waals surface area contributed by atoms with Crippen molar-refractivity contribution < 1.29 is 22.4 Å². The number of sulfonamides is 1. The quantitative estimate of drug-likeness (QED) is 0.336. The van der Waals surface area contributed by atoms with Crippen molar-refractivity contribution >= 4 is 50.7 Å². The summed E-state index contributed by atoms with van der Waals surface area (Å²) in [5, 5.41) is 3.56. The highest BCUT2D eigenvalue weighted by molar-refractivity contribution is 7.92. The zero-order valence-corrected chi connectivity index (χ0v) is 24.1. The van der Waals surface area contributed by atoms with Crippen LogP contribution in [0.25, 0.3) is 0 Å². The Balaban J connectivity index is 2.07. The number of hydrogen-bond donors (Lipinski definition) is 1. The van der Waals surface area contributed by atoms with E-state index in [9.17, 15) is 22.4 Å². The third-order valence-corrected chi connectivity index (χ3v) is 7.58. The summed E-state index contributed by atoms with van der Waals surface area (Å²) < 4.78 is 39.8. The van der Waals surface area contributed by atoms with Gasteiger partial charge in [-0.2, -0.15) is 0 Å². The van der Waals surface area contributed by atoms with Crippen LogP contribution in [0.3, 0.4) is 0 Å². The number of carbonyl (C=O) groups excluding carboxylic acids is 2. The summed E-state index contributed by atoms with van der Waals surface area (Å²) in [7, 11) is -3.95. The largest absolute Gasteiger partial charge is 0.352 e. The van der Waals surface area contributed by atoms with Crippen molar-refractivity contribution in [2.24, 2.45) is 0 Å². The predicted molar refractivity (Wildman–Crippen MR) is 153 cm³/mol. The van der Waals surface area contributed by atoms with Crippen LogP contribution in [0.5, 0.6) is 0 Å². The lowest BCUT2D eigenvalue weighted by molar-refractivity contribution is -0.140. The average molecular weight is 595 g/mol. The summed E-state index contributed by atoms with van der Waals surface area (Å²) in [6, 6.07) is 17.5. The predicted octanol–water partition coefficient (Wildman–Crippen LogP) is 5.06. The minimum atomic E-state index is -3.95. The van der Waals surface area contributed by atoms with Gasteiger partial charge in [0.2, 0.25) is 21.8 Å². The topological polar surface area (TPSA) is 86.8 Å². The summed E-state index contributed by atoms with van der Waals surface area (Å²) in [6.07, 6.45) is 1.13. The number of benzene rings is 3. The summed E-state index contributed by atoms with van der Waals surface area (Å²) in [4.78, 5) is 28.8. The molecule has 0 saturated heterocycles. The normalized spacial score (nSPS) is 12.2. The van der Waals surface area contributed by atoms with Gasteiger partial charge in [-0.25, -0.2) is 12.8 Å². The van der Waals surface area contributed by atoms with Gasteiger partial charge in [-0.3, -0.25) is 13.9 Å². The van der Waals surface area contributed by atoms with Crippen molar-refractivity contribution in [1.82, 2.24) is 10.2 Å². The fourth-order valence-electron chi connectivity index (χ4n) is 3.99. The van der Waals surface area contributed by atoms with E-state index < -0.39 is 40.2 Å². The van der Waals surface area contributed by atoms with Crippen molar-refractivity contribution in [3.05, 3.63) is 99.8 Å². The molecule has 0 aromatic heterocycles. The van der Waals surface area contributed by atoms with Gasteiger partial charge >= 0.3 is 0 Å². The second-order valence-electron chi connectivity index (χ2n) is 9.37. The fraction of sp³-hybridized carbons (Fsp3) is 0.286. The first-order valence-corrected chi connectivity index (χ1v) is 14.8. The van der Waals surface area contributed by atoms with E-state index in [1.165, 1.54) is 23.1 Å². The van der Waals surface area contributed by atoms with Crippen LogP contribution in [-0.4, -0.2) is 50.0 Å². The number of rotatable bonds is 11. The van der Waals surface area contributed by atoms with E-state index in [0.717, 1.165) is 28.3 Å². The van der Waals surface area contributed by atoms with Gasteiger partial charge in [0.25, 0.3) is 0 Å². The van der Waals surface area contributed by atoms with E-state index in [1.54, 1.807) is 26.0 Å². The number of nitrogens with one attached hydrogen (secondary N) is 1. The highest BCUT2D eigenvalue weighted by Crippen LogP contribution is 2.25. The van der Waals surface area contributed by atoms with Crippen LogP contribution in [0.4, 0.5) is 10.1 Å². The molecular formula is C28H30Cl2FN3O4S. The Bertz CT molecular complexity index is 1400. The number of amides is 2. The molecule has 1 N–H and O–H groups in total. The monoisotopic (exact) mass is 593 g/mol. The van der Waals surface area contributed by atoms with Gasteiger partial charge in [0.05, 0.1) is 11.9 Å². The zero-order valence-electron chi connectivity index (χ0n) is 21.8. The van der Waals surface area contributed by atoms with E-state index in [1.807, 2.05) is 30.3 Å². The first-order chi connectivity index (χ1) is 18.3. The molecule has 0 saturated carbocycles. The van der Waals surface area contributed by atoms with Gasteiger partial charge in [-0.1, -0.05) is 59.6 Å². The summed E-state index contributed by atoms with van der Waals surface area (Å²) in [5.74, 6) is -1.60. The molecule has 11 heteroatoms. The summed E-state index contributed by atoms with van der Waals surface area (Å²) >= 11 is 12.5. The second-order valence-corrected chi connectivity index (χ2v) is 12.1. The molecule has 3 aromatic rings. The zero-order chi connectivity index (χ0) is 28.7. The first kappa shape index (κ1) is 30.4. The van der Waals surface area contributed by atoms with Crippen molar-refractivity contribution in [3.8, 4) is 0 Å². The van der Waals surface area contributed by atoms with E-state index in [2.05, 4.69) is 5.32 Å². The van der Waals surface area contributed by atoms with Crippen molar-refractivity contribution in [3.63, 3.8) is 0 Å². The molecular weight excluding hydrogens is 564 g/mol. The van der Waals surface area contributed by atoms with Gasteiger partial charge in [-0.05, 0) is 61.4 Å². The van der Waals surface area contributed by atoms with E-state index in [4.69, 9.17) is 23.2 Å². The molecule has 39 heavy (non-hydrogen) atoms. The van der Waals surface area contributed by atoms with Crippen LogP contribution < -0.4 is 9.62 Å². The molecule has 0 bridgehead atoms. The van der Waals surface area contributed by atoms with Crippen molar-refractivity contribution in [2.75, 3.05) is 17.1 Å². The van der Waals surface area contributed by atoms with Gasteiger partial charge in [-0.15, -0.1) is 0 Å². The molecule has 0 unspecified atom stereocenters. The summed E-state index contributed by atoms with van der Waals surface area (Å²) in [6.45, 7) is 2.91. The molecule has 0 heterocycles. The smallest absolute Gasteiger partial charge is 0.244 e. The van der Waals surface area contributed by atoms with Gasteiger partial charge < -0.3 is 10.2 Å². The van der Waals surface area contributed by atoms with Crippen LogP contribution >= 0.6 is 23.2 Å².